The van der Waals surface area contributed by atoms with Crippen LogP contribution in [-0.4, -0.2) is 26.1 Å². The van der Waals surface area contributed by atoms with Crippen LogP contribution in [0.1, 0.15) is 17.5 Å². The molecule has 0 aliphatic heterocycles. The summed E-state index contributed by atoms with van der Waals surface area (Å²) in [5.74, 6) is 0.945. The molecule has 6 heteroatoms. The Morgan fingerprint density at radius 1 is 0.889 bits per heavy atom. The highest BCUT2D eigenvalue weighted by molar-refractivity contribution is 5.82. The molecule has 0 aliphatic rings. The standard InChI is InChI=1S/C21H22N6/c22-19-18-20(27(15-24-18)14-17-10-5-2-6-11-17)26-21(25-19)23-13-7-12-16-8-3-1-4-9-16/h1-6,8-11,15H,7,12-14H2,(H3,22,23,25,26). The van der Waals surface area contributed by atoms with Gasteiger partial charge in [0.05, 0.1) is 12.9 Å². The Hall–Kier alpha value is -3.41. The normalized spacial score (nSPS) is 11.0. The highest BCUT2D eigenvalue weighted by Gasteiger charge is 2.11. The van der Waals surface area contributed by atoms with Crippen molar-refractivity contribution in [3.05, 3.63) is 78.1 Å². The second-order valence-electron chi connectivity index (χ2n) is 6.48. The van der Waals surface area contributed by atoms with E-state index in [0.29, 0.717) is 23.8 Å². The fourth-order valence-electron chi connectivity index (χ4n) is 3.08. The maximum Gasteiger partial charge on any atom is 0.226 e. The molecule has 0 unspecified atom stereocenters. The molecule has 0 fully saturated rings. The molecule has 4 aromatic rings. The van der Waals surface area contributed by atoms with Gasteiger partial charge in [-0.1, -0.05) is 60.7 Å². The lowest BCUT2D eigenvalue weighted by atomic mass is 10.1. The van der Waals surface area contributed by atoms with Crippen LogP contribution in [-0.2, 0) is 13.0 Å². The number of aromatic nitrogens is 4. The molecule has 27 heavy (non-hydrogen) atoms. The molecule has 3 N–H and O–H groups in total. The molecule has 2 aromatic heterocycles. The molecule has 0 saturated heterocycles. The first kappa shape index (κ1) is 17.0. The van der Waals surface area contributed by atoms with Gasteiger partial charge < -0.3 is 15.6 Å². The van der Waals surface area contributed by atoms with Crippen molar-refractivity contribution in [3.8, 4) is 0 Å². The molecule has 0 saturated carbocycles. The fourth-order valence-corrected chi connectivity index (χ4v) is 3.08. The molecule has 2 aromatic carbocycles. The van der Waals surface area contributed by atoms with Crippen LogP contribution in [0.2, 0.25) is 0 Å². The van der Waals surface area contributed by atoms with Crippen LogP contribution in [0.15, 0.2) is 67.0 Å². The largest absolute Gasteiger partial charge is 0.382 e. The number of anilines is 2. The number of benzene rings is 2. The molecule has 0 spiro atoms. The van der Waals surface area contributed by atoms with Crippen LogP contribution in [0.3, 0.4) is 0 Å². The van der Waals surface area contributed by atoms with Crippen molar-refractivity contribution in [2.24, 2.45) is 0 Å². The van der Waals surface area contributed by atoms with Gasteiger partial charge >= 0.3 is 0 Å². The van der Waals surface area contributed by atoms with Gasteiger partial charge in [-0.05, 0) is 24.0 Å². The minimum absolute atomic E-state index is 0.400. The van der Waals surface area contributed by atoms with Gasteiger partial charge in [0.15, 0.2) is 11.5 Å². The third kappa shape index (κ3) is 4.06. The number of nitrogens with zero attached hydrogens (tertiary/aromatic N) is 4. The predicted molar refractivity (Wildman–Crippen MR) is 109 cm³/mol. The molecule has 0 bridgehead atoms. The molecule has 0 amide bonds. The number of nitrogens with one attached hydrogen (secondary N) is 1. The zero-order chi connectivity index (χ0) is 18.5. The summed E-state index contributed by atoms with van der Waals surface area (Å²) >= 11 is 0. The first-order valence-corrected chi connectivity index (χ1v) is 9.09. The third-order valence-electron chi connectivity index (χ3n) is 4.45. The van der Waals surface area contributed by atoms with Crippen molar-refractivity contribution in [2.45, 2.75) is 19.4 Å². The summed E-state index contributed by atoms with van der Waals surface area (Å²) in [7, 11) is 0. The van der Waals surface area contributed by atoms with E-state index in [0.717, 1.165) is 25.0 Å². The summed E-state index contributed by atoms with van der Waals surface area (Å²) < 4.78 is 2.00. The van der Waals surface area contributed by atoms with Crippen molar-refractivity contribution >= 4 is 22.9 Å². The maximum absolute atomic E-state index is 6.09. The second-order valence-corrected chi connectivity index (χ2v) is 6.48. The van der Waals surface area contributed by atoms with E-state index in [2.05, 4.69) is 56.7 Å². The predicted octanol–water partition coefficient (Wildman–Crippen LogP) is 3.50. The highest BCUT2D eigenvalue weighted by Crippen LogP contribution is 2.19. The van der Waals surface area contributed by atoms with Gasteiger partial charge in [0.2, 0.25) is 5.95 Å². The lowest BCUT2D eigenvalue weighted by Gasteiger charge is -2.08. The summed E-state index contributed by atoms with van der Waals surface area (Å²) in [5, 5.41) is 3.29. The first-order valence-electron chi connectivity index (χ1n) is 9.09. The zero-order valence-electron chi connectivity index (χ0n) is 15.0. The Bertz CT molecular complexity index is 1010. The number of aryl methyl sites for hydroxylation is 1. The number of hydrogen-bond donors (Lipinski definition) is 2. The van der Waals surface area contributed by atoms with Gasteiger partial charge in [0, 0.05) is 6.54 Å². The third-order valence-corrected chi connectivity index (χ3v) is 4.45. The van der Waals surface area contributed by atoms with Crippen molar-refractivity contribution in [3.63, 3.8) is 0 Å². The van der Waals surface area contributed by atoms with Gasteiger partial charge in [-0.3, -0.25) is 0 Å². The van der Waals surface area contributed by atoms with E-state index in [1.807, 2.05) is 28.8 Å². The van der Waals surface area contributed by atoms with Gasteiger partial charge in [-0.2, -0.15) is 9.97 Å². The molecule has 4 rings (SSSR count). The van der Waals surface area contributed by atoms with Crippen LogP contribution >= 0.6 is 0 Å². The van der Waals surface area contributed by atoms with Gasteiger partial charge in [-0.15, -0.1) is 0 Å². The van der Waals surface area contributed by atoms with Crippen LogP contribution in [0.25, 0.3) is 11.2 Å². The molecule has 0 aliphatic carbocycles. The van der Waals surface area contributed by atoms with E-state index < -0.39 is 0 Å². The first-order chi connectivity index (χ1) is 13.3. The average molecular weight is 358 g/mol. The SMILES string of the molecule is Nc1nc(NCCCc2ccccc2)nc2c1ncn2Cc1ccccc1. The molecule has 136 valence electrons. The van der Waals surface area contributed by atoms with Gasteiger partial charge in [0.25, 0.3) is 0 Å². The van der Waals surface area contributed by atoms with Crippen LogP contribution in [0, 0.1) is 0 Å². The summed E-state index contributed by atoms with van der Waals surface area (Å²) in [6, 6.07) is 20.7. The number of nitrogen functional groups attached to an aromatic ring is 1. The Labute approximate surface area is 158 Å². The number of rotatable bonds is 7. The lowest BCUT2D eigenvalue weighted by Crippen LogP contribution is -2.09. The van der Waals surface area contributed by atoms with Crippen molar-refractivity contribution in [2.75, 3.05) is 17.6 Å². The van der Waals surface area contributed by atoms with Crippen LogP contribution in [0.4, 0.5) is 11.8 Å². The lowest BCUT2D eigenvalue weighted by molar-refractivity contribution is 0.811. The summed E-state index contributed by atoms with van der Waals surface area (Å²) in [5.41, 5.74) is 10.00. The molecule has 2 heterocycles. The van der Waals surface area contributed by atoms with Crippen molar-refractivity contribution in [1.82, 2.24) is 19.5 Å². The highest BCUT2D eigenvalue weighted by atomic mass is 15.2. The van der Waals surface area contributed by atoms with Crippen molar-refractivity contribution in [1.29, 1.82) is 0 Å². The minimum atomic E-state index is 0.400. The topological polar surface area (TPSA) is 81.7 Å². The molecular weight excluding hydrogens is 336 g/mol. The number of hydrogen-bond acceptors (Lipinski definition) is 5. The maximum atomic E-state index is 6.09. The van der Waals surface area contributed by atoms with Gasteiger partial charge in [0.1, 0.15) is 5.52 Å². The van der Waals surface area contributed by atoms with Crippen LogP contribution in [0.5, 0.6) is 0 Å². The minimum Gasteiger partial charge on any atom is -0.382 e. The van der Waals surface area contributed by atoms with E-state index in [4.69, 9.17) is 5.73 Å². The Morgan fingerprint density at radius 2 is 1.59 bits per heavy atom. The summed E-state index contributed by atoms with van der Waals surface area (Å²) in [6.45, 7) is 1.48. The Balaban J connectivity index is 1.46. The monoisotopic (exact) mass is 358 g/mol. The summed E-state index contributed by atoms with van der Waals surface area (Å²) in [4.78, 5) is 13.4. The number of fused-ring (bicyclic) bond motifs is 1. The van der Waals surface area contributed by atoms with Gasteiger partial charge in [-0.25, -0.2) is 4.98 Å². The smallest absolute Gasteiger partial charge is 0.226 e. The van der Waals surface area contributed by atoms with E-state index in [9.17, 15) is 0 Å². The Kier molecular flexibility index (Phi) is 4.96. The summed E-state index contributed by atoms with van der Waals surface area (Å²) in [6.07, 6.45) is 3.77. The Morgan fingerprint density at radius 3 is 2.33 bits per heavy atom. The molecule has 0 atom stereocenters. The molecule has 6 nitrogen and oxygen atoms in total. The van der Waals surface area contributed by atoms with E-state index in [1.54, 1.807) is 6.33 Å². The van der Waals surface area contributed by atoms with E-state index in [-0.39, 0.29) is 0 Å². The van der Waals surface area contributed by atoms with E-state index >= 15 is 0 Å². The number of imidazole rings is 1. The number of nitrogens with two attached hydrogens (primary N) is 1. The molecule has 0 radical (unpaired) electrons. The zero-order valence-corrected chi connectivity index (χ0v) is 15.0. The van der Waals surface area contributed by atoms with Crippen molar-refractivity contribution < 1.29 is 0 Å². The molecular formula is C21H22N6. The quantitative estimate of drug-likeness (QED) is 0.494. The fraction of sp³-hybridized carbons (Fsp3) is 0.190. The second kappa shape index (κ2) is 7.86. The average Bonchev–Trinajstić information content (AvgIpc) is 3.10. The van der Waals surface area contributed by atoms with Crippen LogP contribution < -0.4 is 11.1 Å². The van der Waals surface area contributed by atoms with E-state index in [1.165, 1.54) is 11.1 Å².